The van der Waals surface area contributed by atoms with Gasteiger partial charge in [0.2, 0.25) is 5.91 Å². The molecule has 2 rings (SSSR count). The van der Waals surface area contributed by atoms with Crippen molar-refractivity contribution in [1.29, 1.82) is 0 Å². The summed E-state index contributed by atoms with van der Waals surface area (Å²) in [7, 11) is 0. The predicted molar refractivity (Wildman–Crippen MR) is 89.5 cm³/mol. The van der Waals surface area contributed by atoms with E-state index in [-0.39, 0.29) is 24.4 Å². The number of carbonyl (C=O) groups excluding carboxylic acids is 2. The Balaban J connectivity index is 1.70. The number of aliphatic carboxylic acids is 1. The SMILES string of the molecule is CC1CC(C(=O)O)CN(C(=O)NCCCN2CCCCCC2=O)C1. The van der Waals surface area contributed by atoms with Crippen LogP contribution in [-0.4, -0.2) is 65.5 Å². The molecule has 0 aromatic carbocycles. The summed E-state index contributed by atoms with van der Waals surface area (Å²) in [5.74, 6) is -0.901. The van der Waals surface area contributed by atoms with Crippen LogP contribution in [0.15, 0.2) is 0 Å². The molecule has 24 heavy (non-hydrogen) atoms. The zero-order chi connectivity index (χ0) is 17.5. The molecule has 136 valence electrons. The molecule has 2 aliphatic rings. The van der Waals surface area contributed by atoms with Crippen molar-refractivity contribution in [3.63, 3.8) is 0 Å². The maximum atomic E-state index is 12.2. The lowest BCUT2D eigenvalue weighted by atomic mass is 9.91. The average molecular weight is 339 g/mol. The number of amides is 3. The second kappa shape index (κ2) is 8.89. The third kappa shape index (κ3) is 5.39. The fraction of sp³-hybridized carbons (Fsp3) is 0.824. The maximum absolute atomic E-state index is 12.2. The van der Waals surface area contributed by atoms with Gasteiger partial charge in [-0.2, -0.15) is 0 Å². The van der Waals surface area contributed by atoms with E-state index < -0.39 is 11.9 Å². The summed E-state index contributed by atoms with van der Waals surface area (Å²) in [6.45, 7) is 4.84. The van der Waals surface area contributed by atoms with Gasteiger partial charge in [-0.1, -0.05) is 13.3 Å². The normalized spacial score (nSPS) is 25.3. The number of hydrogen-bond donors (Lipinski definition) is 2. The van der Waals surface area contributed by atoms with Crippen LogP contribution in [0.4, 0.5) is 4.79 Å². The van der Waals surface area contributed by atoms with Gasteiger partial charge in [0.05, 0.1) is 5.92 Å². The number of nitrogens with zero attached hydrogens (tertiary/aromatic N) is 2. The van der Waals surface area contributed by atoms with Crippen molar-refractivity contribution < 1.29 is 19.5 Å². The van der Waals surface area contributed by atoms with E-state index >= 15 is 0 Å². The summed E-state index contributed by atoms with van der Waals surface area (Å²) >= 11 is 0. The summed E-state index contributed by atoms with van der Waals surface area (Å²) in [5, 5.41) is 12.0. The van der Waals surface area contributed by atoms with Crippen LogP contribution in [-0.2, 0) is 9.59 Å². The highest BCUT2D eigenvalue weighted by molar-refractivity contribution is 5.77. The molecule has 2 fully saturated rings. The van der Waals surface area contributed by atoms with E-state index in [0.717, 1.165) is 32.2 Å². The van der Waals surface area contributed by atoms with Crippen LogP contribution in [0.2, 0.25) is 0 Å². The highest BCUT2D eigenvalue weighted by atomic mass is 16.4. The lowest BCUT2D eigenvalue weighted by Gasteiger charge is -2.34. The number of piperidine rings is 1. The first-order chi connectivity index (χ1) is 11.5. The lowest BCUT2D eigenvalue weighted by molar-refractivity contribution is -0.143. The fourth-order valence-electron chi connectivity index (χ4n) is 3.55. The molecule has 0 aromatic rings. The Bertz CT molecular complexity index is 469. The number of nitrogens with one attached hydrogen (secondary N) is 1. The first-order valence-electron chi connectivity index (χ1n) is 9.00. The Morgan fingerprint density at radius 1 is 1.25 bits per heavy atom. The van der Waals surface area contributed by atoms with Crippen LogP contribution in [0.25, 0.3) is 0 Å². The molecular formula is C17H29N3O4. The van der Waals surface area contributed by atoms with Crippen molar-refractivity contribution in [2.24, 2.45) is 11.8 Å². The van der Waals surface area contributed by atoms with Gasteiger partial charge in [-0.15, -0.1) is 0 Å². The van der Waals surface area contributed by atoms with E-state index in [1.54, 1.807) is 4.90 Å². The highest BCUT2D eigenvalue weighted by Gasteiger charge is 2.31. The molecule has 0 aromatic heterocycles. The molecule has 0 radical (unpaired) electrons. The predicted octanol–water partition coefficient (Wildman–Crippen LogP) is 1.53. The molecule has 2 atom stereocenters. The van der Waals surface area contributed by atoms with E-state index in [9.17, 15) is 14.4 Å². The topological polar surface area (TPSA) is 89.9 Å². The molecule has 2 saturated heterocycles. The molecule has 2 heterocycles. The van der Waals surface area contributed by atoms with Crippen LogP contribution in [0.5, 0.6) is 0 Å². The summed E-state index contributed by atoms with van der Waals surface area (Å²) in [5.41, 5.74) is 0. The maximum Gasteiger partial charge on any atom is 0.317 e. The van der Waals surface area contributed by atoms with Gasteiger partial charge in [0.1, 0.15) is 0 Å². The minimum Gasteiger partial charge on any atom is -0.481 e. The van der Waals surface area contributed by atoms with Crippen LogP contribution in [0, 0.1) is 11.8 Å². The first-order valence-corrected chi connectivity index (χ1v) is 9.00. The van der Waals surface area contributed by atoms with E-state index in [4.69, 9.17) is 5.11 Å². The van der Waals surface area contributed by atoms with Gasteiger partial charge in [-0.05, 0) is 31.6 Å². The first kappa shape index (κ1) is 18.5. The molecule has 0 saturated carbocycles. The number of carboxylic acids is 1. The van der Waals surface area contributed by atoms with Gasteiger partial charge in [-0.3, -0.25) is 9.59 Å². The third-order valence-electron chi connectivity index (χ3n) is 4.85. The molecule has 7 heteroatoms. The molecule has 0 bridgehead atoms. The standard InChI is InChI=1S/C17H29N3O4/c1-13-10-14(16(22)23)12-20(11-13)17(24)18-7-5-9-19-8-4-2-3-6-15(19)21/h13-14H,2-12H2,1H3,(H,18,24)(H,22,23). The molecule has 7 nitrogen and oxygen atoms in total. The molecule has 2 unspecified atom stereocenters. The van der Waals surface area contributed by atoms with Crippen molar-refractivity contribution in [2.45, 2.75) is 45.4 Å². The van der Waals surface area contributed by atoms with Gasteiger partial charge in [-0.25, -0.2) is 4.79 Å². The van der Waals surface area contributed by atoms with Gasteiger partial charge < -0.3 is 20.2 Å². The quantitative estimate of drug-likeness (QED) is 0.743. The van der Waals surface area contributed by atoms with Crippen molar-refractivity contribution >= 4 is 17.9 Å². The monoisotopic (exact) mass is 339 g/mol. The van der Waals surface area contributed by atoms with Crippen LogP contribution < -0.4 is 5.32 Å². The van der Waals surface area contributed by atoms with Gasteiger partial charge in [0.15, 0.2) is 0 Å². The number of carbonyl (C=O) groups is 3. The number of likely N-dealkylation sites (tertiary alicyclic amines) is 2. The second-order valence-corrected chi connectivity index (χ2v) is 7.06. The van der Waals surface area contributed by atoms with Crippen molar-refractivity contribution in [2.75, 3.05) is 32.7 Å². The van der Waals surface area contributed by atoms with Gasteiger partial charge in [0, 0.05) is 39.1 Å². The summed E-state index contributed by atoms with van der Waals surface area (Å²) in [6, 6.07) is -0.199. The molecular weight excluding hydrogens is 310 g/mol. The van der Waals surface area contributed by atoms with E-state index in [1.807, 2.05) is 11.8 Å². The van der Waals surface area contributed by atoms with Crippen molar-refractivity contribution in [1.82, 2.24) is 15.1 Å². The van der Waals surface area contributed by atoms with E-state index in [2.05, 4.69) is 5.32 Å². The molecule has 0 aliphatic carbocycles. The van der Waals surface area contributed by atoms with Crippen LogP contribution in [0.1, 0.15) is 45.4 Å². The van der Waals surface area contributed by atoms with Crippen molar-refractivity contribution in [3.8, 4) is 0 Å². The lowest BCUT2D eigenvalue weighted by Crippen LogP contribution is -2.49. The Kier molecular flexibility index (Phi) is 6.87. The smallest absolute Gasteiger partial charge is 0.317 e. The van der Waals surface area contributed by atoms with Crippen molar-refractivity contribution in [3.05, 3.63) is 0 Å². The number of hydrogen-bond acceptors (Lipinski definition) is 3. The Labute approximate surface area is 143 Å². The third-order valence-corrected chi connectivity index (χ3v) is 4.85. The Morgan fingerprint density at radius 3 is 2.79 bits per heavy atom. The van der Waals surface area contributed by atoms with Crippen LogP contribution >= 0.6 is 0 Å². The van der Waals surface area contributed by atoms with Gasteiger partial charge in [0.25, 0.3) is 0 Å². The Morgan fingerprint density at radius 2 is 2.04 bits per heavy atom. The zero-order valence-electron chi connectivity index (χ0n) is 14.5. The van der Waals surface area contributed by atoms with E-state index in [1.165, 1.54) is 0 Å². The average Bonchev–Trinajstić information content (AvgIpc) is 2.75. The fourth-order valence-corrected chi connectivity index (χ4v) is 3.55. The summed E-state index contributed by atoms with van der Waals surface area (Å²) < 4.78 is 0. The molecule has 2 N–H and O–H groups in total. The molecule has 2 aliphatic heterocycles. The summed E-state index contributed by atoms with van der Waals surface area (Å²) in [4.78, 5) is 38.8. The number of carboxylic acid groups (broad SMARTS) is 1. The molecule has 0 spiro atoms. The van der Waals surface area contributed by atoms with Crippen LogP contribution in [0.3, 0.4) is 0 Å². The minimum atomic E-state index is -0.834. The number of rotatable bonds is 5. The zero-order valence-corrected chi connectivity index (χ0v) is 14.5. The highest BCUT2D eigenvalue weighted by Crippen LogP contribution is 2.21. The minimum absolute atomic E-state index is 0.195. The number of urea groups is 1. The Hall–Kier alpha value is -1.79. The second-order valence-electron chi connectivity index (χ2n) is 7.06. The largest absolute Gasteiger partial charge is 0.481 e. The summed E-state index contributed by atoms with van der Waals surface area (Å²) in [6.07, 6.45) is 5.12. The van der Waals surface area contributed by atoms with E-state index in [0.29, 0.717) is 32.5 Å². The van der Waals surface area contributed by atoms with Gasteiger partial charge >= 0.3 is 12.0 Å². The molecule has 3 amide bonds.